The van der Waals surface area contributed by atoms with Gasteiger partial charge in [0.05, 0.1) is 11.5 Å². The lowest BCUT2D eigenvalue weighted by Gasteiger charge is -2.60. The first-order chi connectivity index (χ1) is 16.5. The molecule has 34 heavy (non-hydrogen) atoms. The number of carboxylic acids is 1. The summed E-state index contributed by atoms with van der Waals surface area (Å²) in [4.78, 5) is 27.0. The second-order valence-corrected chi connectivity index (χ2v) is 10.3. The third kappa shape index (κ3) is 2.76. The summed E-state index contributed by atoms with van der Waals surface area (Å²) in [6.07, 6.45) is 1.80. The van der Waals surface area contributed by atoms with E-state index in [4.69, 9.17) is 11.6 Å². The SMILES string of the molecule is O=C(Cc1ccccc1Cl)C1NCC2(C(=O)O)C3CCC(c4ccccc4)(c4ccccc43)C12. The minimum Gasteiger partial charge on any atom is -0.481 e. The van der Waals surface area contributed by atoms with Crippen LogP contribution in [0.5, 0.6) is 0 Å². The monoisotopic (exact) mass is 471 g/mol. The van der Waals surface area contributed by atoms with Gasteiger partial charge in [-0.25, -0.2) is 0 Å². The van der Waals surface area contributed by atoms with Crippen LogP contribution in [-0.4, -0.2) is 29.4 Å². The van der Waals surface area contributed by atoms with Crippen molar-refractivity contribution in [1.29, 1.82) is 0 Å². The summed E-state index contributed by atoms with van der Waals surface area (Å²) >= 11 is 6.38. The standard InChI is InChI=1S/C29H26ClNO3/c30-23-13-7-4-8-18(23)16-24(32)25-26-28(19-9-2-1-3-10-19)15-14-22(20-11-5-6-12-21(20)28)29(26,17-31-25)27(33)34/h1-13,22,25-26,31H,14-17H2,(H,33,34). The van der Waals surface area contributed by atoms with Crippen LogP contribution in [-0.2, 0) is 21.4 Å². The van der Waals surface area contributed by atoms with Gasteiger partial charge >= 0.3 is 5.97 Å². The lowest BCUT2D eigenvalue weighted by Crippen LogP contribution is -2.62. The molecule has 1 saturated carbocycles. The van der Waals surface area contributed by atoms with E-state index in [1.54, 1.807) is 6.07 Å². The number of carbonyl (C=O) groups excluding carboxylic acids is 1. The molecule has 1 saturated heterocycles. The van der Waals surface area contributed by atoms with Gasteiger partial charge in [0.15, 0.2) is 5.78 Å². The van der Waals surface area contributed by atoms with Gasteiger partial charge in [0, 0.05) is 35.2 Å². The largest absolute Gasteiger partial charge is 0.481 e. The molecule has 3 aromatic rings. The van der Waals surface area contributed by atoms with E-state index < -0.39 is 22.8 Å². The summed E-state index contributed by atoms with van der Waals surface area (Å²) in [7, 11) is 0. The molecule has 0 amide bonds. The summed E-state index contributed by atoms with van der Waals surface area (Å²) in [6.45, 7) is 0.291. The van der Waals surface area contributed by atoms with Crippen molar-refractivity contribution in [2.45, 2.75) is 36.6 Å². The zero-order valence-electron chi connectivity index (χ0n) is 18.7. The van der Waals surface area contributed by atoms with Gasteiger partial charge in [-0.1, -0.05) is 84.4 Å². The van der Waals surface area contributed by atoms with Crippen molar-refractivity contribution >= 4 is 23.4 Å². The molecule has 2 fully saturated rings. The number of benzene rings is 3. The van der Waals surface area contributed by atoms with Crippen molar-refractivity contribution in [2.75, 3.05) is 6.54 Å². The highest BCUT2D eigenvalue weighted by Gasteiger charge is 2.72. The van der Waals surface area contributed by atoms with Crippen LogP contribution in [0.25, 0.3) is 0 Å². The first kappa shape index (κ1) is 21.6. The number of fused-ring (bicyclic) bond motifs is 1. The van der Waals surface area contributed by atoms with E-state index in [1.165, 1.54) is 5.56 Å². The van der Waals surface area contributed by atoms with Gasteiger partial charge in [0.2, 0.25) is 0 Å². The zero-order valence-corrected chi connectivity index (χ0v) is 19.5. The Hall–Kier alpha value is -2.95. The topological polar surface area (TPSA) is 66.4 Å². The maximum Gasteiger partial charge on any atom is 0.311 e. The molecule has 5 heteroatoms. The van der Waals surface area contributed by atoms with Crippen molar-refractivity contribution in [3.8, 4) is 0 Å². The Bertz CT molecular complexity index is 1290. The Morgan fingerprint density at radius 1 is 0.971 bits per heavy atom. The van der Waals surface area contributed by atoms with Gasteiger partial charge in [0.1, 0.15) is 0 Å². The molecule has 5 atom stereocenters. The Morgan fingerprint density at radius 3 is 2.44 bits per heavy atom. The number of ketones is 1. The van der Waals surface area contributed by atoms with Crippen LogP contribution in [0.15, 0.2) is 78.9 Å². The highest BCUT2D eigenvalue weighted by molar-refractivity contribution is 6.31. The number of hydrogen-bond donors (Lipinski definition) is 2. The number of aliphatic carboxylic acids is 1. The first-order valence-electron chi connectivity index (χ1n) is 11.9. The molecule has 5 unspecified atom stereocenters. The molecule has 3 aliphatic carbocycles. The Kier molecular flexibility index (Phi) is 4.94. The van der Waals surface area contributed by atoms with E-state index in [-0.39, 0.29) is 24.0 Å². The molecule has 2 bridgehead atoms. The lowest BCUT2D eigenvalue weighted by atomic mass is 9.41. The molecule has 1 heterocycles. The number of halogens is 1. The number of nitrogens with one attached hydrogen (secondary N) is 1. The van der Waals surface area contributed by atoms with Gasteiger partial charge in [0.25, 0.3) is 0 Å². The second-order valence-electron chi connectivity index (χ2n) is 9.93. The molecule has 3 aromatic carbocycles. The fourth-order valence-electron chi connectivity index (χ4n) is 7.41. The van der Waals surface area contributed by atoms with Gasteiger partial charge in [-0.15, -0.1) is 0 Å². The third-order valence-electron chi connectivity index (χ3n) is 8.66. The molecule has 172 valence electrons. The predicted molar refractivity (Wildman–Crippen MR) is 131 cm³/mol. The molecular weight excluding hydrogens is 446 g/mol. The minimum atomic E-state index is -1.04. The molecular formula is C29H26ClNO3. The number of Topliss-reactive ketones (excluding diaryl/α,β-unsaturated/α-hetero) is 1. The summed E-state index contributed by atoms with van der Waals surface area (Å²) in [5, 5.41) is 14.7. The fraction of sp³-hybridized carbons (Fsp3) is 0.310. The van der Waals surface area contributed by atoms with Crippen LogP contribution >= 0.6 is 11.6 Å². The molecule has 2 N–H and O–H groups in total. The zero-order chi connectivity index (χ0) is 23.5. The summed E-state index contributed by atoms with van der Waals surface area (Å²) < 4.78 is 0. The maximum atomic E-state index is 13.8. The summed E-state index contributed by atoms with van der Waals surface area (Å²) in [5.74, 6) is -1.31. The minimum absolute atomic E-state index is 0.00145. The molecule has 1 aliphatic heterocycles. The smallest absolute Gasteiger partial charge is 0.311 e. The van der Waals surface area contributed by atoms with Crippen LogP contribution in [0, 0.1) is 11.3 Å². The Labute approximate surface area is 204 Å². The maximum absolute atomic E-state index is 13.8. The summed E-state index contributed by atoms with van der Waals surface area (Å²) in [6, 6.07) is 25.3. The van der Waals surface area contributed by atoms with Crippen molar-refractivity contribution in [2.24, 2.45) is 11.3 Å². The van der Waals surface area contributed by atoms with Crippen molar-refractivity contribution in [1.82, 2.24) is 5.32 Å². The van der Waals surface area contributed by atoms with E-state index in [1.807, 2.05) is 48.5 Å². The fourth-order valence-corrected chi connectivity index (χ4v) is 7.61. The van der Waals surface area contributed by atoms with Crippen molar-refractivity contribution in [3.05, 3.63) is 106 Å². The van der Waals surface area contributed by atoms with Crippen LogP contribution in [0.4, 0.5) is 0 Å². The van der Waals surface area contributed by atoms with Crippen LogP contribution in [0.1, 0.15) is 41.0 Å². The van der Waals surface area contributed by atoms with Gasteiger partial charge < -0.3 is 10.4 Å². The van der Waals surface area contributed by atoms with Crippen molar-refractivity contribution in [3.63, 3.8) is 0 Å². The normalized spacial score (nSPS) is 31.0. The van der Waals surface area contributed by atoms with Gasteiger partial charge in [-0.2, -0.15) is 0 Å². The number of carboxylic acid groups (broad SMARTS) is 1. The van der Waals surface area contributed by atoms with Crippen molar-refractivity contribution < 1.29 is 14.7 Å². The molecule has 4 nitrogen and oxygen atoms in total. The van der Waals surface area contributed by atoms with E-state index in [9.17, 15) is 14.7 Å². The summed E-state index contributed by atoms with van der Waals surface area (Å²) in [5.41, 5.74) is 2.59. The average Bonchev–Trinajstić information content (AvgIpc) is 3.30. The average molecular weight is 472 g/mol. The molecule has 0 radical (unpaired) electrons. The molecule has 0 spiro atoms. The van der Waals surface area contributed by atoms with E-state index >= 15 is 0 Å². The van der Waals surface area contributed by atoms with E-state index in [2.05, 4.69) is 29.6 Å². The van der Waals surface area contributed by atoms with E-state index in [0.29, 0.717) is 11.6 Å². The molecule has 0 aromatic heterocycles. The molecule has 4 aliphatic rings. The van der Waals surface area contributed by atoms with Crippen LogP contribution in [0.3, 0.4) is 0 Å². The van der Waals surface area contributed by atoms with Gasteiger partial charge in [-0.05, 0) is 41.2 Å². The van der Waals surface area contributed by atoms with E-state index in [0.717, 1.165) is 29.5 Å². The first-order valence-corrected chi connectivity index (χ1v) is 12.3. The third-order valence-corrected chi connectivity index (χ3v) is 9.02. The highest BCUT2D eigenvalue weighted by atomic mass is 35.5. The van der Waals surface area contributed by atoms with Crippen LogP contribution in [0.2, 0.25) is 5.02 Å². The Balaban J connectivity index is 1.55. The second kappa shape index (κ2) is 7.79. The number of carbonyl (C=O) groups is 2. The predicted octanol–water partition coefficient (Wildman–Crippen LogP) is 4.99. The number of hydrogen-bond acceptors (Lipinski definition) is 3. The molecule has 7 rings (SSSR count). The highest BCUT2D eigenvalue weighted by Crippen LogP contribution is 2.69. The van der Waals surface area contributed by atoms with Gasteiger partial charge in [-0.3, -0.25) is 9.59 Å². The number of rotatable bonds is 5. The quantitative estimate of drug-likeness (QED) is 0.550. The Morgan fingerprint density at radius 2 is 1.68 bits per heavy atom. The van der Waals surface area contributed by atoms with Crippen LogP contribution < -0.4 is 5.32 Å². The lowest BCUT2D eigenvalue weighted by molar-refractivity contribution is -0.158.